The molecule has 668 valence electrons. The molecule has 0 amide bonds. The fourth-order valence-electron chi connectivity index (χ4n) is 26.0. The van der Waals surface area contributed by atoms with Gasteiger partial charge in [-0.05, 0) is 349 Å². The van der Waals surface area contributed by atoms with Crippen molar-refractivity contribution in [1.82, 2.24) is 0 Å². The van der Waals surface area contributed by atoms with Gasteiger partial charge in [-0.3, -0.25) is 0 Å². The number of benzene rings is 28. The molecule has 0 N–H and O–H groups in total. The van der Waals surface area contributed by atoms with Gasteiger partial charge in [0, 0.05) is 16.2 Å². The predicted molar refractivity (Wildman–Crippen MR) is 613 cm³/mol. The van der Waals surface area contributed by atoms with Crippen molar-refractivity contribution in [2.75, 3.05) is 0 Å². The van der Waals surface area contributed by atoms with E-state index in [0.717, 1.165) is 0 Å². The van der Waals surface area contributed by atoms with Gasteiger partial charge in [-0.25, -0.2) is 0 Å². The molecule has 3 aliphatic carbocycles. The Kier molecular flexibility index (Phi) is 18.1. The molecule has 0 heteroatoms. The molecule has 0 spiro atoms. The smallest absolute Gasteiger partial charge is 0.0159 e. The van der Waals surface area contributed by atoms with Crippen molar-refractivity contribution in [3.8, 4) is 134 Å². The first-order valence-electron chi connectivity index (χ1n) is 50.5. The normalized spacial score (nSPS) is 13.6. The summed E-state index contributed by atoms with van der Waals surface area (Å²) >= 11 is 0. The summed E-state index contributed by atoms with van der Waals surface area (Å²) in [6.45, 7) is 14.3. The molecule has 0 heterocycles. The van der Waals surface area contributed by atoms with E-state index >= 15 is 0 Å². The van der Waals surface area contributed by atoms with Crippen LogP contribution < -0.4 is 0 Å². The molecule has 0 radical (unpaired) electrons. The molecule has 0 aromatic heterocycles. The van der Waals surface area contributed by atoms with E-state index in [0.29, 0.717) is 0 Å². The Morgan fingerprint density at radius 1 is 0.105 bits per heavy atom. The maximum atomic E-state index is 2.48. The third-order valence-corrected chi connectivity index (χ3v) is 33.2. The maximum absolute atomic E-state index is 2.48. The molecule has 3 aliphatic rings. The molecule has 0 bridgehead atoms. The van der Waals surface area contributed by atoms with Crippen LogP contribution >= 0.6 is 0 Å². The van der Waals surface area contributed by atoms with E-state index < -0.39 is 0 Å². The first-order valence-corrected chi connectivity index (χ1v) is 50.5. The zero-order valence-electron chi connectivity index (χ0n) is 80.5. The fraction of sp³-hybridized carbons (Fsp3) is 0.0629. The Hall–Kier alpha value is -17.4. The van der Waals surface area contributed by atoms with Gasteiger partial charge in [-0.15, -0.1) is 0 Å². The average molecular weight is 1810 g/mol. The standard InChI is InChI=1S/C57H36.2C43H30/c1-57(2)51-31-39(21-25-47(51)48-26-22-40(32-52(48)57)42-23-17-37-15-13-33-7-5-9-35-19-27-49(42)55(37)53(33)35)41-29-30-45(44-12-4-3-11-43(41)44)46-24-18-38-16-14-34-8-6-10-36-20-28-50(46)56(38)54(34)36;1-43(2)39-25-32(27-8-4-3-5-9-27)18-21-36(39)37-22-19-33(26-40(37)43)31-12-7-13-34(24-31)35-20-16-30-15-14-28-10-6-11-29-17-23-38(35)42(30)41(28)29;1-43(2)39-25-33(27-7-4-3-5-8-27)19-22-36(39)37-23-20-34(26-40(37)43)28-11-13-29(14-12-28)35-21-17-32-16-15-30-9-6-10-31-18-24-38(35)42(32)41(30)31/h3-32H,1-2H3;2*3-26H,1-2H3. The number of rotatable bonds is 9. The van der Waals surface area contributed by atoms with Crippen LogP contribution in [0.5, 0.6) is 0 Å². The quantitative estimate of drug-likeness (QED) is 0.126. The van der Waals surface area contributed by atoms with Crippen LogP contribution in [0.15, 0.2) is 473 Å². The zero-order chi connectivity index (χ0) is 95.0. The molecule has 0 nitrogen and oxygen atoms in total. The van der Waals surface area contributed by atoms with E-state index in [-0.39, 0.29) is 16.2 Å². The lowest BCUT2D eigenvalue weighted by Crippen LogP contribution is -2.15. The van der Waals surface area contributed by atoms with Crippen molar-refractivity contribution in [3.63, 3.8) is 0 Å². The minimum atomic E-state index is -0.155. The topological polar surface area (TPSA) is 0 Å². The van der Waals surface area contributed by atoms with Crippen LogP contribution in [0.25, 0.3) is 274 Å². The van der Waals surface area contributed by atoms with Crippen molar-refractivity contribution >= 4 is 140 Å². The zero-order valence-corrected chi connectivity index (χ0v) is 80.5. The average Bonchev–Trinajstić information content (AvgIpc) is 1.70. The van der Waals surface area contributed by atoms with Gasteiger partial charge in [0.05, 0.1) is 0 Å². The second-order valence-corrected chi connectivity index (χ2v) is 41.9. The molecular weight excluding hydrogens is 1720 g/mol. The largest absolute Gasteiger partial charge is 0.0622 e. The summed E-state index contributed by atoms with van der Waals surface area (Å²) in [5.41, 5.74) is 39.1. The predicted octanol–water partition coefficient (Wildman–Crippen LogP) is 39.7. The Balaban J connectivity index is 0.000000104. The van der Waals surface area contributed by atoms with E-state index in [1.165, 1.54) is 307 Å². The molecule has 0 atom stereocenters. The van der Waals surface area contributed by atoms with Crippen LogP contribution in [0.3, 0.4) is 0 Å². The van der Waals surface area contributed by atoms with Gasteiger partial charge in [0.25, 0.3) is 0 Å². The molecule has 28 aromatic carbocycles. The Bertz CT molecular complexity index is 10100. The van der Waals surface area contributed by atoms with Gasteiger partial charge in [-0.2, -0.15) is 0 Å². The highest BCUT2D eigenvalue weighted by Crippen LogP contribution is 2.57. The third kappa shape index (κ3) is 12.7. The lowest BCUT2D eigenvalue weighted by molar-refractivity contribution is 0.660. The highest BCUT2D eigenvalue weighted by Gasteiger charge is 2.40. The summed E-state index contributed by atoms with van der Waals surface area (Å²) in [6.07, 6.45) is 0. The van der Waals surface area contributed by atoms with E-state index in [1.807, 2.05) is 0 Å². The van der Waals surface area contributed by atoms with E-state index in [4.69, 9.17) is 0 Å². The molecule has 0 saturated carbocycles. The first-order chi connectivity index (χ1) is 70.1. The molecule has 0 aliphatic heterocycles. The van der Waals surface area contributed by atoms with Crippen LogP contribution in [0.1, 0.15) is 74.9 Å². The Morgan fingerprint density at radius 2 is 0.287 bits per heavy atom. The van der Waals surface area contributed by atoms with Crippen molar-refractivity contribution in [1.29, 1.82) is 0 Å². The lowest BCUT2D eigenvalue weighted by Gasteiger charge is -2.23. The lowest BCUT2D eigenvalue weighted by atomic mass is 9.80. The summed E-state index contributed by atoms with van der Waals surface area (Å²) < 4.78 is 0. The minimum Gasteiger partial charge on any atom is -0.0622 e. The molecule has 0 fully saturated rings. The van der Waals surface area contributed by atoms with E-state index in [1.54, 1.807) is 0 Å². The van der Waals surface area contributed by atoms with Crippen molar-refractivity contribution < 1.29 is 0 Å². The van der Waals surface area contributed by atoms with Gasteiger partial charge in [0.15, 0.2) is 0 Å². The van der Waals surface area contributed by atoms with Gasteiger partial charge < -0.3 is 0 Å². The van der Waals surface area contributed by atoms with E-state index in [9.17, 15) is 0 Å². The molecular formula is C143H96. The number of hydrogen-bond donors (Lipinski definition) is 0. The van der Waals surface area contributed by atoms with Gasteiger partial charge in [0.2, 0.25) is 0 Å². The molecule has 0 saturated heterocycles. The highest BCUT2D eigenvalue weighted by molar-refractivity contribution is 6.30. The van der Waals surface area contributed by atoms with Crippen molar-refractivity contribution in [3.05, 3.63) is 507 Å². The van der Waals surface area contributed by atoms with Crippen LogP contribution in [-0.4, -0.2) is 0 Å². The number of hydrogen-bond acceptors (Lipinski definition) is 0. The first kappa shape index (κ1) is 82.6. The van der Waals surface area contributed by atoms with Gasteiger partial charge in [-0.1, -0.05) is 472 Å². The van der Waals surface area contributed by atoms with Crippen LogP contribution in [0, 0.1) is 0 Å². The number of fused-ring (bicyclic) bond motifs is 10. The second kappa shape index (κ2) is 31.3. The summed E-state index contributed by atoms with van der Waals surface area (Å²) in [6, 6.07) is 177. The highest BCUT2D eigenvalue weighted by atomic mass is 14.4. The SMILES string of the molecule is CC1(C)c2cc(-c3ccc(-c4ccc5ccc6cccc7ccc4c5c67)c4ccccc34)ccc2-c2ccc(-c3ccc4ccc5cccc6ccc3c4c56)cc21.CC1(C)c2cc(-c3ccccc3)ccc2-c2ccc(-c3ccc(-c4ccc5ccc6cccc7ccc4c5c67)cc3)cc21.CC1(C)c2cc(-c3ccccc3)ccc2-c2ccc(-c3cccc(-c4ccc5ccc6cccc7ccc4c5c67)c3)cc21. The summed E-state index contributed by atoms with van der Waals surface area (Å²) in [5, 5.41) is 34.4. The van der Waals surface area contributed by atoms with E-state index in [2.05, 4.69) is 515 Å². The monoisotopic (exact) mass is 1810 g/mol. The van der Waals surface area contributed by atoms with Crippen molar-refractivity contribution in [2.24, 2.45) is 0 Å². The van der Waals surface area contributed by atoms with Crippen molar-refractivity contribution in [2.45, 2.75) is 57.8 Å². The summed E-state index contributed by atoms with van der Waals surface area (Å²) in [5.74, 6) is 0. The second-order valence-electron chi connectivity index (χ2n) is 41.9. The maximum Gasteiger partial charge on any atom is 0.0159 e. The fourth-order valence-corrected chi connectivity index (χ4v) is 26.0. The summed E-state index contributed by atoms with van der Waals surface area (Å²) in [4.78, 5) is 0. The Labute approximate surface area is 831 Å². The van der Waals surface area contributed by atoms with Crippen LogP contribution in [-0.2, 0) is 16.2 Å². The Morgan fingerprint density at radius 3 is 0.636 bits per heavy atom. The molecule has 31 rings (SSSR count). The molecule has 28 aromatic rings. The van der Waals surface area contributed by atoms with Gasteiger partial charge in [0.1, 0.15) is 0 Å². The third-order valence-electron chi connectivity index (χ3n) is 33.2. The summed E-state index contributed by atoms with van der Waals surface area (Å²) in [7, 11) is 0. The minimum absolute atomic E-state index is 0.0624. The molecule has 143 heavy (non-hydrogen) atoms. The van der Waals surface area contributed by atoms with Gasteiger partial charge >= 0.3 is 0 Å². The molecule has 0 unspecified atom stereocenters. The van der Waals surface area contributed by atoms with Crippen LogP contribution in [0.4, 0.5) is 0 Å². The van der Waals surface area contributed by atoms with Crippen LogP contribution in [0.2, 0.25) is 0 Å².